The molecule has 1 aromatic carbocycles. The van der Waals surface area contributed by atoms with Crippen LogP contribution in [-0.4, -0.2) is 17.1 Å². The quantitative estimate of drug-likeness (QED) is 0.693. The zero-order valence-electron chi connectivity index (χ0n) is 10.5. The smallest absolute Gasteiger partial charge is 0.266 e. The number of benzene rings is 1. The predicted octanol–water partition coefficient (Wildman–Crippen LogP) is 3.16. The molecule has 5 heteroatoms. The first-order valence-electron chi connectivity index (χ1n) is 5.93. The normalized spacial score (nSPS) is 11.1. The van der Waals surface area contributed by atoms with Crippen LogP contribution in [0, 0.1) is 0 Å². The highest BCUT2D eigenvalue weighted by atomic mass is 35.5. The van der Waals surface area contributed by atoms with Gasteiger partial charge in [-0.3, -0.25) is 9.78 Å². The van der Waals surface area contributed by atoms with E-state index in [9.17, 15) is 4.79 Å². The number of amides is 1. The van der Waals surface area contributed by atoms with Gasteiger partial charge in [-0.2, -0.15) is 5.10 Å². The number of nitrogens with zero attached hydrogens (tertiary/aromatic N) is 2. The van der Waals surface area contributed by atoms with Crippen LogP contribution in [0.2, 0.25) is 5.02 Å². The Kier molecular flexibility index (Phi) is 5.03. The molecule has 0 saturated carbocycles. The molecule has 4 nitrogen and oxygen atoms in total. The van der Waals surface area contributed by atoms with Crippen LogP contribution in [0.25, 0.3) is 6.08 Å². The monoisotopic (exact) mass is 285 g/mol. The van der Waals surface area contributed by atoms with E-state index < -0.39 is 0 Å². The molecule has 0 atom stereocenters. The second-order valence-electron chi connectivity index (χ2n) is 3.81. The molecule has 1 aromatic heterocycles. The molecule has 1 N–H and O–H groups in total. The SMILES string of the molecule is O=C(N/N=C\C=C/c1ccccc1Cl)c1ccccn1. The molecule has 2 aromatic rings. The summed E-state index contributed by atoms with van der Waals surface area (Å²) in [5, 5.41) is 4.46. The lowest BCUT2D eigenvalue weighted by molar-refractivity contribution is 0.0950. The van der Waals surface area contributed by atoms with Gasteiger partial charge in [0.2, 0.25) is 0 Å². The van der Waals surface area contributed by atoms with Gasteiger partial charge in [-0.15, -0.1) is 0 Å². The van der Waals surface area contributed by atoms with Gasteiger partial charge in [0, 0.05) is 17.4 Å². The summed E-state index contributed by atoms with van der Waals surface area (Å²) in [5.74, 6) is -0.354. The van der Waals surface area contributed by atoms with Crippen LogP contribution in [0.3, 0.4) is 0 Å². The molecule has 100 valence electrons. The second-order valence-corrected chi connectivity index (χ2v) is 4.22. The van der Waals surface area contributed by atoms with E-state index in [0.717, 1.165) is 5.56 Å². The largest absolute Gasteiger partial charge is 0.289 e. The van der Waals surface area contributed by atoms with Crippen LogP contribution >= 0.6 is 11.6 Å². The van der Waals surface area contributed by atoms with Crippen LogP contribution in [0.4, 0.5) is 0 Å². The fraction of sp³-hybridized carbons (Fsp3) is 0. The number of aromatic nitrogens is 1. The molecule has 0 aliphatic rings. The molecule has 20 heavy (non-hydrogen) atoms. The Morgan fingerprint density at radius 3 is 2.75 bits per heavy atom. The van der Waals surface area contributed by atoms with Gasteiger partial charge in [-0.05, 0) is 29.8 Å². The van der Waals surface area contributed by atoms with Crippen molar-refractivity contribution in [2.24, 2.45) is 5.10 Å². The van der Waals surface area contributed by atoms with Crippen LogP contribution < -0.4 is 5.43 Å². The summed E-state index contributed by atoms with van der Waals surface area (Å²) in [6.45, 7) is 0. The summed E-state index contributed by atoms with van der Waals surface area (Å²) in [4.78, 5) is 15.5. The molecule has 0 aliphatic carbocycles. The molecule has 0 saturated heterocycles. The lowest BCUT2D eigenvalue weighted by atomic mass is 10.2. The molecule has 1 heterocycles. The molecule has 0 aliphatic heterocycles. The molecule has 0 bridgehead atoms. The summed E-state index contributed by atoms with van der Waals surface area (Å²) < 4.78 is 0. The third-order valence-electron chi connectivity index (χ3n) is 2.41. The van der Waals surface area contributed by atoms with Gasteiger partial charge < -0.3 is 0 Å². The molecule has 0 radical (unpaired) electrons. The number of allylic oxidation sites excluding steroid dienone is 1. The van der Waals surface area contributed by atoms with Crippen molar-refractivity contribution >= 4 is 29.8 Å². The molecule has 1 amide bonds. The van der Waals surface area contributed by atoms with E-state index in [-0.39, 0.29) is 5.91 Å². The lowest BCUT2D eigenvalue weighted by Crippen LogP contribution is -2.18. The molecule has 0 fully saturated rings. The Balaban J connectivity index is 1.89. The molecule has 0 unspecified atom stereocenters. The maximum atomic E-state index is 11.6. The fourth-order valence-corrected chi connectivity index (χ4v) is 1.65. The highest BCUT2D eigenvalue weighted by molar-refractivity contribution is 6.32. The van der Waals surface area contributed by atoms with Crippen LogP contribution in [-0.2, 0) is 0 Å². The Morgan fingerprint density at radius 2 is 2.00 bits per heavy atom. The number of carbonyl (C=O) groups excluding carboxylic acids is 1. The van der Waals surface area contributed by atoms with Crippen molar-refractivity contribution in [3.05, 3.63) is 71.0 Å². The number of hydrogen-bond donors (Lipinski definition) is 1. The molecule has 2 rings (SSSR count). The standard InChI is InChI=1S/C15H12ClN3O/c16-13-8-2-1-6-12(13)7-5-11-18-19-15(20)14-9-3-4-10-17-14/h1-11H,(H,19,20)/b7-5-,18-11-. The minimum Gasteiger partial charge on any atom is -0.266 e. The van der Waals surface area contributed by atoms with E-state index in [0.29, 0.717) is 10.7 Å². The first-order valence-corrected chi connectivity index (χ1v) is 6.31. The van der Waals surface area contributed by atoms with Crippen LogP contribution in [0.5, 0.6) is 0 Å². The van der Waals surface area contributed by atoms with Gasteiger partial charge >= 0.3 is 0 Å². The Bertz CT molecular complexity index is 639. The first kappa shape index (κ1) is 14.0. The average molecular weight is 286 g/mol. The zero-order chi connectivity index (χ0) is 14.2. The topological polar surface area (TPSA) is 54.4 Å². The van der Waals surface area contributed by atoms with Crippen molar-refractivity contribution in [1.82, 2.24) is 10.4 Å². The highest BCUT2D eigenvalue weighted by Crippen LogP contribution is 2.15. The van der Waals surface area contributed by atoms with Crippen molar-refractivity contribution in [2.45, 2.75) is 0 Å². The van der Waals surface area contributed by atoms with E-state index in [4.69, 9.17) is 11.6 Å². The maximum absolute atomic E-state index is 11.6. The van der Waals surface area contributed by atoms with Gasteiger partial charge in [-0.1, -0.05) is 41.9 Å². The van der Waals surface area contributed by atoms with Gasteiger partial charge in [0.1, 0.15) is 5.69 Å². The van der Waals surface area contributed by atoms with Gasteiger partial charge in [0.05, 0.1) is 0 Å². The number of rotatable bonds is 4. The third kappa shape index (κ3) is 4.03. The third-order valence-corrected chi connectivity index (χ3v) is 2.75. The number of halogens is 1. The number of pyridine rings is 1. The summed E-state index contributed by atoms with van der Waals surface area (Å²) in [6.07, 6.45) is 6.53. The number of nitrogens with one attached hydrogen (secondary N) is 1. The van der Waals surface area contributed by atoms with Crippen LogP contribution in [0.1, 0.15) is 16.1 Å². The van der Waals surface area contributed by atoms with E-state index in [2.05, 4.69) is 15.5 Å². The molecular formula is C15H12ClN3O. The van der Waals surface area contributed by atoms with Crippen molar-refractivity contribution < 1.29 is 4.79 Å². The van der Waals surface area contributed by atoms with Crippen LogP contribution in [0.15, 0.2) is 59.8 Å². The Morgan fingerprint density at radius 1 is 1.20 bits per heavy atom. The van der Waals surface area contributed by atoms with E-state index in [1.54, 1.807) is 42.6 Å². The van der Waals surface area contributed by atoms with Gasteiger partial charge in [-0.25, -0.2) is 5.43 Å². The summed E-state index contributed by atoms with van der Waals surface area (Å²) in [5.41, 5.74) is 3.59. The van der Waals surface area contributed by atoms with Crippen molar-refractivity contribution in [3.8, 4) is 0 Å². The molecule has 0 spiro atoms. The zero-order valence-corrected chi connectivity index (χ0v) is 11.3. The minimum absolute atomic E-state index is 0.319. The lowest BCUT2D eigenvalue weighted by Gasteiger charge is -1.97. The maximum Gasteiger partial charge on any atom is 0.289 e. The Labute approximate surface area is 121 Å². The number of carbonyl (C=O) groups is 1. The van der Waals surface area contributed by atoms with Gasteiger partial charge in [0.15, 0.2) is 0 Å². The Hall–Kier alpha value is -2.46. The summed E-state index contributed by atoms with van der Waals surface area (Å²) in [6, 6.07) is 12.5. The molecular weight excluding hydrogens is 274 g/mol. The first-order chi connectivity index (χ1) is 9.77. The number of hydrogen-bond acceptors (Lipinski definition) is 3. The van der Waals surface area contributed by atoms with E-state index in [1.165, 1.54) is 6.21 Å². The predicted molar refractivity (Wildman–Crippen MR) is 80.7 cm³/mol. The van der Waals surface area contributed by atoms with Gasteiger partial charge in [0.25, 0.3) is 5.91 Å². The highest BCUT2D eigenvalue weighted by Gasteiger charge is 2.02. The average Bonchev–Trinajstić information content (AvgIpc) is 2.49. The summed E-state index contributed by atoms with van der Waals surface area (Å²) in [7, 11) is 0. The fourth-order valence-electron chi connectivity index (χ4n) is 1.45. The van der Waals surface area contributed by atoms with E-state index in [1.807, 2.05) is 18.2 Å². The van der Waals surface area contributed by atoms with Crippen molar-refractivity contribution in [3.63, 3.8) is 0 Å². The second kappa shape index (κ2) is 7.21. The van der Waals surface area contributed by atoms with Crippen molar-refractivity contribution in [1.29, 1.82) is 0 Å². The minimum atomic E-state index is -0.354. The van der Waals surface area contributed by atoms with E-state index >= 15 is 0 Å². The van der Waals surface area contributed by atoms with Crippen molar-refractivity contribution in [2.75, 3.05) is 0 Å². The summed E-state index contributed by atoms with van der Waals surface area (Å²) >= 11 is 5.99. The number of hydrazone groups is 1.